The summed E-state index contributed by atoms with van der Waals surface area (Å²) >= 11 is 0. The summed E-state index contributed by atoms with van der Waals surface area (Å²) < 4.78 is 21.5. The van der Waals surface area contributed by atoms with E-state index in [1.54, 1.807) is 7.11 Å². The van der Waals surface area contributed by atoms with Crippen LogP contribution in [0.1, 0.15) is 28.7 Å². The molecule has 1 N–H and O–H groups in total. The maximum Gasteiger partial charge on any atom is 0.310 e. The Kier molecular flexibility index (Phi) is 3.37. The number of carbonyl (C=O) groups excluding carboxylic acids is 1. The molecule has 0 saturated carbocycles. The summed E-state index contributed by atoms with van der Waals surface area (Å²) in [5.41, 5.74) is 2.63. The average Bonchev–Trinajstić information content (AvgIpc) is 3.28. The lowest BCUT2D eigenvalue weighted by molar-refractivity contribution is -0.141. The van der Waals surface area contributed by atoms with Gasteiger partial charge in [-0.2, -0.15) is 0 Å². The van der Waals surface area contributed by atoms with Gasteiger partial charge in [0.15, 0.2) is 11.5 Å². The molecule has 3 unspecified atom stereocenters. The largest absolute Gasteiger partial charge is 0.497 e. The van der Waals surface area contributed by atoms with Crippen LogP contribution in [0.2, 0.25) is 0 Å². The number of hydrogen-bond donors (Lipinski definition) is 1. The first-order chi connectivity index (χ1) is 12.7. The molecule has 26 heavy (non-hydrogen) atoms. The minimum atomic E-state index is -0.773. The van der Waals surface area contributed by atoms with Gasteiger partial charge in [-0.05, 0) is 41.0 Å². The van der Waals surface area contributed by atoms with Crippen molar-refractivity contribution in [3.05, 3.63) is 53.1 Å². The van der Waals surface area contributed by atoms with Gasteiger partial charge in [-0.15, -0.1) is 0 Å². The molecule has 6 nitrogen and oxygen atoms in total. The summed E-state index contributed by atoms with van der Waals surface area (Å²) in [6, 6.07) is 11.4. The number of benzene rings is 2. The van der Waals surface area contributed by atoms with Crippen molar-refractivity contribution >= 4 is 5.97 Å². The lowest BCUT2D eigenvalue weighted by Crippen LogP contribution is -2.34. The third-order valence-corrected chi connectivity index (χ3v) is 5.62. The van der Waals surface area contributed by atoms with Crippen molar-refractivity contribution in [3.8, 4) is 17.2 Å². The van der Waals surface area contributed by atoms with Crippen LogP contribution in [-0.4, -0.2) is 31.6 Å². The fraction of sp³-hybridized carbons (Fsp3) is 0.350. The van der Waals surface area contributed by atoms with Crippen LogP contribution in [0, 0.1) is 11.8 Å². The van der Waals surface area contributed by atoms with E-state index in [0.29, 0.717) is 11.5 Å². The molecule has 2 aromatic rings. The van der Waals surface area contributed by atoms with Gasteiger partial charge >= 0.3 is 5.97 Å². The van der Waals surface area contributed by atoms with E-state index in [1.165, 1.54) is 0 Å². The standard InChI is InChI=1S/C20H18O6/c1-23-11-4-2-10(3-5-11)17-12-6-15-16(26-9-25-15)7-13(12)19(21)14-8-24-20(22)18(14)17/h2-7,14,17-19,21H,8-9H2,1H3/t14?,17?,18?,19-/m0/s1. The van der Waals surface area contributed by atoms with E-state index >= 15 is 0 Å². The number of ether oxygens (including phenoxy) is 4. The summed E-state index contributed by atoms with van der Waals surface area (Å²) in [5, 5.41) is 10.9. The van der Waals surface area contributed by atoms with Crippen molar-refractivity contribution < 1.29 is 28.8 Å². The van der Waals surface area contributed by atoms with E-state index in [2.05, 4.69) is 0 Å². The highest BCUT2D eigenvalue weighted by Crippen LogP contribution is 2.54. The number of methoxy groups -OCH3 is 1. The van der Waals surface area contributed by atoms with Crippen molar-refractivity contribution in [2.45, 2.75) is 12.0 Å². The normalized spacial score (nSPS) is 28.3. The van der Waals surface area contributed by atoms with Crippen molar-refractivity contribution in [1.29, 1.82) is 0 Å². The molecular weight excluding hydrogens is 336 g/mol. The number of rotatable bonds is 2. The predicted octanol–water partition coefficient (Wildman–Crippen LogP) is 2.39. The van der Waals surface area contributed by atoms with E-state index in [4.69, 9.17) is 18.9 Å². The number of cyclic esters (lactones) is 1. The second kappa shape index (κ2) is 5.64. The first kappa shape index (κ1) is 15.5. The van der Waals surface area contributed by atoms with Crippen molar-refractivity contribution in [2.75, 3.05) is 20.5 Å². The SMILES string of the molecule is COc1ccc(C2c3cc4c(cc3[C@H](O)C3COC(=O)C23)OCO4)cc1. The van der Waals surface area contributed by atoms with Crippen LogP contribution in [0.15, 0.2) is 36.4 Å². The summed E-state index contributed by atoms with van der Waals surface area (Å²) in [7, 11) is 1.62. The smallest absolute Gasteiger partial charge is 0.310 e. The molecule has 6 heteroatoms. The molecule has 1 aliphatic carbocycles. The molecule has 2 heterocycles. The molecule has 2 aliphatic heterocycles. The maximum atomic E-state index is 12.5. The van der Waals surface area contributed by atoms with E-state index in [9.17, 15) is 9.90 Å². The molecule has 0 spiro atoms. The topological polar surface area (TPSA) is 74.2 Å². The van der Waals surface area contributed by atoms with Gasteiger partial charge in [-0.3, -0.25) is 4.79 Å². The third kappa shape index (κ3) is 2.12. The quantitative estimate of drug-likeness (QED) is 0.835. The minimum absolute atomic E-state index is 0.163. The van der Waals surface area contributed by atoms with Gasteiger partial charge in [0.05, 0.1) is 25.7 Å². The van der Waals surface area contributed by atoms with Gasteiger partial charge in [0.25, 0.3) is 0 Å². The Morgan fingerprint density at radius 3 is 2.42 bits per heavy atom. The lowest BCUT2D eigenvalue weighted by Gasteiger charge is -2.36. The van der Waals surface area contributed by atoms with Crippen LogP contribution in [0.3, 0.4) is 0 Å². The van der Waals surface area contributed by atoms with Gasteiger partial charge < -0.3 is 24.1 Å². The molecule has 3 aliphatic rings. The van der Waals surface area contributed by atoms with E-state index in [0.717, 1.165) is 22.4 Å². The monoisotopic (exact) mass is 354 g/mol. The molecule has 0 radical (unpaired) electrons. The van der Waals surface area contributed by atoms with Crippen LogP contribution in [-0.2, 0) is 9.53 Å². The molecule has 5 rings (SSSR count). The second-order valence-corrected chi connectivity index (χ2v) is 6.85. The molecule has 1 saturated heterocycles. The van der Waals surface area contributed by atoms with Crippen LogP contribution < -0.4 is 14.2 Å². The number of esters is 1. The Balaban J connectivity index is 1.70. The van der Waals surface area contributed by atoms with Gasteiger partial charge in [-0.1, -0.05) is 12.1 Å². The number of aliphatic hydroxyl groups excluding tert-OH is 1. The first-order valence-electron chi connectivity index (χ1n) is 8.59. The summed E-state index contributed by atoms with van der Waals surface area (Å²) in [5.74, 6) is 0.834. The Labute approximate surface area is 150 Å². The molecule has 4 atom stereocenters. The van der Waals surface area contributed by atoms with Crippen LogP contribution in [0.4, 0.5) is 0 Å². The van der Waals surface area contributed by atoms with Crippen LogP contribution in [0.25, 0.3) is 0 Å². The molecule has 0 amide bonds. The number of carbonyl (C=O) groups is 1. The van der Waals surface area contributed by atoms with E-state index in [1.807, 2.05) is 36.4 Å². The zero-order valence-corrected chi connectivity index (χ0v) is 14.2. The first-order valence-corrected chi connectivity index (χ1v) is 8.59. The third-order valence-electron chi connectivity index (χ3n) is 5.62. The fourth-order valence-corrected chi connectivity index (χ4v) is 4.34. The summed E-state index contributed by atoms with van der Waals surface area (Å²) in [4.78, 5) is 12.5. The predicted molar refractivity (Wildman–Crippen MR) is 90.3 cm³/mol. The van der Waals surface area contributed by atoms with Crippen molar-refractivity contribution in [2.24, 2.45) is 11.8 Å². The zero-order valence-electron chi connectivity index (χ0n) is 14.2. The van der Waals surface area contributed by atoms with Crippen molar-refractivity contribution in [1.82, 2.24) is 0 Å². The second-order valence-electron chi connectivity index (χ2n) is 6.85. The van der Waals surface area contributed by atoms with Crippen LogP contribution in [0.5, 0.6) is 17.2 Å². The van der Waals surface area contributed by atoms with Gasteiger partial charge in [0.2, 0.25) is 6.79 Å². The Morgan fingerprint density at radius 1 is 1.04 bits per heavy atom. The Hall–Kier alpha value is -2.73. The Morgan fingerprint density at radius 2 is 1.73 bits per heavy atom. The molecule has 1 fully saturated rings. The molecule has 134 valence electrons. The average molecular weight is 354 g/mol. The number of aliphatic hydroxyl groups is 1. The van der Waals surface area contributed by atoms with Crippen molar-refractivity contribution in [3.63, 3.8) is 0 Å². The zero-order chi connectivity index (χ0) is 17.8. The summed E-state index contributed by atoms with van der Waals surface area (Å²) in [6.45, 7) is 0.391. The van der Waals surface area contributed by atoms with E-state index in [-0.39, 0.29) is 31.2 Å². The highest BCUT2D eigenvalue weighted by atomic mass is 16.7. The highest BCUT2D eigenvalue weighted by molar-refractivity contribution is 5.78. The van der Waals surface area contributed by atoms with Crippen LogP contribution >= 0.6 is 0 Å². The Bertz CT molecular complexity index is 875. The minimum Gasteiger partial charge on any atom is -0.497 e. The van der Waals surface area contributed by atoms with Gasteiger partial charge in [-0.25, -0.2) is 0 Å². The maximum absolute atomic E-state index is 12.5. The molecule has 0 bridgehead atoms. The number of fused-ring (bicyclic) bond motifs is 3. The van der Waals surface area contributed by atoms with Gasteiger partial charge in [0.1, 0.15) is 5.75 Å². The van der Waals surface area contributed by atoms with E-state index < -0.39 is 12.0 Å². The summed E-state index contributed by atoms with van der Waals surface area (Å²) in [6.07, 6.45) is -0.773. The lowest BCUT2D eigenvalue weighted by atomic mass is 9.66. The molecule has 2 aromatic carbocycles. The van der Waals surface area contributed by atoms with Gasteiger partial charge in [0, 0.05) is 11.8 Å². The molecular formula is C20H18O6. The number of hydrogen-bond acceptors (Lipinski definition) is 6. The fourth-order valence-electron chi connectivity index (χ4n) is 4.34. The highest BCUT2D eigenvalue weighted by Gasteiger charge is 2.52. The molecule has 0 aromatic heterocycles.